The second kappa shape index (κ2) is 7.45. The van der Waals surface area contributed by atoms with Crippen LogP contribution in [0.4, 0.5) is 0 Å². The van der Waals surface area contributed by atoms with Gasteiger partial charge in [0.05, 0.1) is 36.2 Å². The van der Waals surface area contributed by atoms with Crippen molar-refractivity contribution in [3.8, 4) is 0 Å². The Morgan fingerprint density at radius 1 is 1.19 bits per heavy atom. The lowest BCUT2D eigenvalue weighted by Crippen LogP contribution is -2.23. The third kappa shape index (κ3) is 3.60. The Hall–Kier alpha value is -3.72. The van der Waals surface area contributed by atoms with Crippen LogP contribution in [-0.4, -0.2) is 34.9 Å². The van der Waals surface area contributed by atoms with E-state index in [0.717, 1.165) is 16.9 Å². The smallest absolute Gasteiger partial charge is 0.309 e. The van der Waals surface area contributed by atoms with Gasteiger partial charge in [-0.15, -0.1) is 10.2 Å². The van der Waals surface area contributed by atoms with Gasteiger partial charge in [0.2, 0.25) is 5.89 Å². The predicted octanol–water partition coefficient (Wildman–Crippen LogP) is 3.42. The summed E-state index contributed by atoms with van der Waals surface area (Å²) in [5.41, 5.74) is 4.52. The monoisotopic (exact) mass is 447 g/mol. The molecule has 0 saturated heterocycles. The highest BCUT2D eigenvalue weighted by Crippen LogP contribution is 2.39. The summed E-state index contributed by atoms with van der Waals surface area (Å²) >= 11 is 6.06. The van der Waals surface area contributed by atoms with E-state index in [1.807, 2.05) is 27.3 Å². The molecule has 5 heterocycles. The number of hydrogen-bond donors (Lipinski definition) is 1. The second-order valence-electron chi connectivity index (χ2n) is 7.92. The molecular formula is C22H18ClN7O2. The van der Waals surface area contributed by atoms with Crippen molar-refractivity contribution in [1.29, 1.82) is 0 Å². The van der Waals surface area contributed by atoms with Crippen LogP contribution in [0.25, 0.3) is 11.2 Å². The summed E-state index contributed by atoms with van der Waals surface area (Å²) < 4.78 is 9.42. The van der Waals surface area contributed by atoms with E-state index in [0.29, 0.717) is 28.9 Å². The molecule has 6 rings (SSSR count). The van der Waals surface area contributed by atoms with Crippen LogP contribution in [0, 0.1) is 0 Å². The maximum absolute atomic E-state index is 12.5. The quantitative estimate of drug-likeness (QED) is 0.428. The van der Waals surface area contributed by atoms with Crippen LogP contribution in [0.3, 0.4) is 0 Å². The number of halogens is 1. The van der Waals surface area contributed by atoms with Crippen molar-refractivity contribution in [2.24, 2.45) is 0 Å². The molecule has 5 aromatic rings. The van der Waals surface area contributed by atoms with Crippen LogP contribution in [0.15, 0.2) is 53.6 Å². The van der Waals surface area contributed by atoms with E-state index in [2.05, 4.69) is 37.7 Å². The van der Waals surface area contributed by atoms with E-state index in [-0.39, 0.29) is 12.4 Å². The number of fused-ring (bicyclic) bond motifs is 2. The Morgan fingerprint density at radius 2 is 2.09 bits per heavy atom. The van der Waals surface area contributed by atoms with Crippen LogP contribution in [-0.2, 0) is 13.0 Å². The van der Waals surface area contributed by atoms with Gasteiger partial charge in [0.1, 0.15) is 5.65 Å². The number of nitrogens with zero attached hydrogens (tertiary/aromatic N) is 6. The van der Waals surface area contributed by atoms with E-state index in [4.69, 9.17) is 16.0 Å². The van der Waals surface area contributed by atoms with Gasteiger partial charge in [-0.1, -0.05) is 17.7 Å². The molecular weight excluding hydrogens is 430 g/mol. The Bertz CT molecular complexity index is 1460. The molecule has 10 heteroatoms. The fraction of sp³-hybridized carbons (Fsp3) is 0.227. The molecule has 5 aromatic heterocycles. The summed E-state index contributed by atoms with van der Waals surface area (Å²) in [4.78, 5) is 21.4. The van der Waals surface area contributed by atoms with Gasteiger partial charge in [-0.25, -0.2) is 9.97 Å². The summed E-state index contributed by atoms with van der Waals surface area (Å²) in [6, 6.07) is 7.73. The number of rotatable bonds is 6. The highest BCUT2D eigenvalue weighted by Gasteiger charge is 2.24. The summed E-state index contributed by atoms with van der Waals surface area (Å²) in [6.07, 6.45) is 10.4. The molecule has 0 spiro atoms. The van der Waals surface area contributed by atoms with Crippen LogP contribution < -0.4 is 5.32 Å². The molecule has 1 fully saturated rings. The largest absolute Gasteiger partial charge is 0.416 e. The summed E-state index contributed by atoms with van der Waals surface area (Å²) in [7, 11) is 0. The number of nitrogens with one attached hydrogen (secondary N) is 1. The zero-order chi connectivity index (χ0) is 21.7. The molecule has 160 valence electrons. The van der Waals surface area contributed by atoms with Gasteiger partial charge in [0, 0.05) is 23.6 Å². The molecule has 0 unspecified atom stereocenters. The number of hydrogen-bond acceptors (Lipinski definition) is 6. The lowest BCUT2D eigenvalue weighted by Gasteiger charge is -2.01. The first-order chi connectivity index (χ1) is 15.6. The summed E-state index contributed by atoms with van der Waals surface area (Å²) in [6.45, 7) is 0.211. The molecule has 0 bridgehead atoms. The number of carbonyl (C=O) groups excluding carboxylic acids is 1. The minimum Gasteiger partial charge on any atom is -0.416 e. The van der Waals surface area contributed by atoms with Crippen molar-refractivity contribution >= 4 is 28.7 Å². The zero-order valence-corrected chi connectivity index (χ0v) is 17.7. The third-order valence-corrected chi connectivity index (χ3v) is 5.80. The summed E-state index contributed by atoms with van der Waals surface area (Å²) in [5, 5.41) is 11.2. The van der Waals surface area contributed by atoms with Gasteiger partial charge in [-0.3, -0.25) is 4.79 Å². The summed E-state index contributed by atoms with van der Waals surface area (Å²) in [5.74, 6) is 0.455. The van der Waals surface area contributed by atoms with Crippen molar-refractivity contribution in [2.45, 2.75) is 31.7 Å². The molecule has 0 aromatic carbocycles. The molecule has 0 radical (unpaired) electrons. The highest BCUT2D eigenvalue weighted by atomic mass is 35.5. The molecule has 9 nitrogen and oxygen atoms in total. The van der Waals surface area contributed by atoms with Crippen molar-refractivity contribution in [2.75, 3.05) is 0 Å². The van der Waals surface area contributed by atoms with E-state index >= 15 is 0 Å². The first kappa shape index (κ1) is 19.0. The van der Waals surface area contributed by atoms with E-state index < -0.39 is 5.91 Å². The molecule has 1 saturated carbocycles. The van der Waals surface area contributed by atoms with Gasteiger partial charge in [0.25, 0.3) is 0 Å². The molecule has 0 aliphatic heterocycles. The van der Waals surface area contributed by atoms with Crippen molar-refractivity contribution in [1.82, 2.24) is 34.3 Å². The van der Waals surface area contributed by atoms with Gasteiger partial charge in [0.15, 0.2) is 0 Å². The van der Waals surface area contributed by atoms with Gasteiger partial charge >= 0.3 is 11.8 Å². The fourth-order valence-corrected chi connectivity index (χ4v) is 3.93. The van der Waals surface area contributed by atoms with Gasteiger partial charge in [-0.2, -0.15) is 0 Å². The highest BCUT2D eigenvalue weighted by molar-refractivity contribution is 6.30. The molecule has 32 heavy (non-hydrogen) atoms. The maximum atomic E-state index is 12.5. The predicted molar refractivity (Wildman–Crippen MR) is 116 cm³/mol. The SMILES string of the molecule is O=C(NCc1ncn2ccc(Cl)cc12)c1nnc(Cc2cn3cc(C4CC4)ccc3n2)o1. The normalized spacial score (nSPS) is 13.8. The minimum absolute atomic E-state index is 0.0960. The topological polar surface area (TPSA) is 103 Å². The first-order valence-electron chi connectivity index (χ1n) is 10.3. The standard InChI is InChI=1S/C22H18ClN7O2/c23-15-5-6-29-12-25-17(18(29)7-15)9-24-21(31)22-28-27-20(32-22)8-16-11-30-10-14(13-1-2-13)3-4-19(30)26-16/h3-7,10-13H,1-2,8-9H2,(H,24,31). The van der Waals surface area contributed by atoms with Crippen molar-refractivity contribution < 1.29 is 9.21 Å². The number of imidazole rings is 2. The Labute approximate surface area is 187 Å². The zero-order valence-electron chi connectivity index (χ0n) is 16.9. The average Bonchev–Trinajstić information content (AvgIpc) is 3.21. The van der Waals surface area contributed by atoms with E-state index in [1.165, 1.54) is 18.4 Å². The number of carbonyl (C=O) groups is 1. The van der Waals surface area contributed by atoms with Crippen molar-refractivity contribution in [3.05, 3.63) is 82.9 Å². The Morgan fingerprint density at radius 3 is 2.97 bits per heavy atom. The lowest BCUT2D eigenvalue weighted by atomic mass is 10.2. The van der Waals surface area contributed by atoms with E-state index in [1.54, 1.807) is 18.5 Å². The van der Waals surface area contributed by atoms with Crippen LogP contribution in [0.5, 0.6) is 0 Å². The van der Waals surface area contributed by atoms with E-state index in [9.17, 15) is 4.79 Å². The Balaban J connectivity index is 1.13. The van der Waals surface area contributed by atoms with Gasteiger partial charge < -0.3 is 18.5 Å². The first-order valence-corrected chi connectivity index (χ1v) is 10.7. The minimum atomic E-state index is -0.462. The van der Waals surface area contributed by atoms with Gasteiger partial charge in [-0.05, 0) is 42.5 Å². The second-order valence-corrected chi connectivity index (χ2v) is 8.36. The lowest BCUT2D eigenvalue weighted by molar-refractivity contribution is 0.0914. The number of aromatic nitrogens is 6. The fourth-order valence-electron chi connectivity index (χ4n) is 3.77. The average molecular weight is 448 g/mol. The molecule has 1 aliphatic carbocycles. The molecule has 1 amide bonds. The molecule has 0 atom stereocenters. The number of amides is 1. The number of pyridine rings is 2. The van der Waals surface area contributed by atoms with Crippen molar-refractivity contribution in [3.63, 3.8) is 0 Å². The van der Waals surface area contributed by atoms with Crippen LogP contribution in [0.1, 0.15) is 52.3 Å². The molecule has 1 N–H and O–H groups in total. The van der Waals surface area contributed by atoms with Crippen LogP contribution in [0.2, 0.25) is 5.02 Å². The third-order valence-electron chi connectivity index (χ3n) is 5.56. The molecule has 1 aliphatic rings. The Kier molecular flexibility index (Phi) is 4.43. The maximum Gasteiger partial charge on any atom is 0.309 e. The van der Waals surface area contributed by atoms with Crippen LogP contribution >= 0.6 is 11.6 Å².